The van der Waals surface area contributed by atoms with Crippen LogP contribution in [-0.2, 0) is 9.84 Å². The van der Waals surface area contributed by atoms with Crippen LogP contribution in [0.2, 0.25) is 0 Å². The summed E-state index contributed by atoms with van der Waals surface area (Å²) < 4.78 is 23.6. The van der Waals surface area contributed by atoms with Crippen molar-refractivity contribution in [2.24, 2.45) is 5.41 Å². The summed E-state index contributed by atoms with van der Waals surface area (Å²) in [4.78, 5) is 6.56. The zero-order valence-electron chi connectivity index (χ0n) is 17.6. The summed E-state index contributed by atoms with van der Waals surface area (Å²) in [5, 5.41) is 7.75. The first-order valence-corrected chi connectivity index (χ1v) is 12.8. The molecule has 0 amide bonds. The van der Waals surface area contributed by atoms with Crippen molar-refractivity contribution in [3.63, 3.8) is 0 Å². The molecule has 2 aliphatic heterocycles. The fraction of sp³-hybridized carbons (Fsp3) is 0.417. The van der Waals surface area contributed by atoms with Gasteiger partial charge in [-0.15, -0.1) is 0 Å². The van der Waals surface area contributed by atoms with Gasteiger partial charge in [0.1, 0.15) is 5.69 Å². The molecule has 4 heterocycles. The van der Waals surface area contributed by atoms with Crippen molar-refractivity contribution in [1.29, 1.82) is 0 Å². The van der Waals surface area contributed by atoms with Crippen LogP contribution in [0.4, 0.5) is 5.69 Å². The Morgan fingerprint density at radius 2 is 1.87 bits per heavy atom. The lowest BCUT2D eigenvalue weighted by atomic mass is 9.91. The van der Waals surface area contributed by atoms with Crippen molar-refractivity contribution in [3.8, 4) is 22.4 Å². The number of benzene rings is 1. The number of hydrogen-bond acceptors (Lipinski definition) is 5. The highest BCUT2D eigenvalue weighted by atomic mass is 32.2. The van der Waals surface area contributed by atoms with E-state index in [-0.39, 0.29) is 5.41 Å². The van der Waals surface area contributed by atoms with Crippen LogP contribution in [0, 0.1) is 12.3 Å². The highest BCUT2D eigenvalue weighted by molar-refractivity contribution is 7.92. The lowest BCUT2D eigenvalue weighted by Gasteiger charge is -2.37. The number of sulfone groups is 1. The summed E-state index contributed by atoms with van der Waals surface area (Å²) in [6.07, 6.45) is 7.03. The molecule has 3 aliphatic rings. The zero-order valence-corrected chi connectivity index (χ0v) is 18.5. The monoisotopic (exact) mass is 434 g/mol. The van der Waals surface area contributed by atoms with E-state index >= 15 is 0 Å². The molecule has 0 atom stereocenters. The van der Waals surface area contributed by atoms with Crippen molar-refractivity contribution < 1.29 is 8.42 Å². The Bertz CT molecular complexity index is 1250. The summed E-state index contributed by atoms with van der Waals surface area (Å²) in [5.74, 6) is 1.32. The first-order chi connectivity index (χ1) is 14.9. The molecule has 6 nitrogen and oxygen atoms in total. The van der Waals surface area contributed by atoms with E-state index in [1.165, 1.54) is 29.7 Å². The number of aryl methyl sites for hydroxylation is 1. The molecule has 3 aromatic rings. The highest BCUT2D eigenvalue weighted by Crippen LogP contribution is 2.49. The van der Waals surface area contributed by atoms with Gasteiger partial charge in [-0.3, -0.25) is 10.1 Å². The predicted octanol–water partition coefficient (Wildman–Crippen LogP) is 3.95. The Labute approximate surface area is 182 Å². The van der Waals surface area contributed by atoms with Gasteiger partial charge in [0.25, 0.3) is 0 Å². The van der Waals surface area contributed by atoms with Gasteiger partial charge < -0.3 is 4.90 Å². The number of aromatic nitrogens is 3. The molecule has 31 heavy (non-hydrogen) atoms. The molecule has 1 saturated carbocycles. The van der Waals surface area contributed by atoms with Gasteiger partial charge >= 0.3 is 0 Å². The van der Waals surface area contributed by atoms with E-state index in [0.29, 0.717) is 17.4 Å². The number of rotatable bonds is 4. The molecule has 0 radical (unpaired) electrons. The van der Waals surface area contributed by atoms with Crippen LogP contribution in [0.5, 0.6) is 0 Å². The van der Waals surface area contributed by atoms with Crippen molar-refractivity contribution in [3.05, 3.63) is 54.0 Å². The Balaban J connectivity index is 1.37. The summed E-state index contributed by atoms with van der Waals surface area (Å²) in [5.41, 5.74) is 8.06. The van der Waals surface area contributed by atoms with E-state index in [1.807, 2.05) is 12.1 Å². The molecule has 1 N–H and O–H groups in total. The maximum Gasteiger partial charge on any atom is 0.151 e. The Kier molecular flexibility index (Phi) is 4.09. The van der Waals surface area contributed by atoms with E-state index in [9.17, 15) is 8.42 Å². The van der Waals surface area contributed by atoms with Gasteiger partial charge in [0, 0.05) is 53.4 Å². The largest absolute Gasteiger partial charge is 0.371 e. The maximum absolute atomic E-state index is 11.8. The lowest BCUT2D eigenvalue weighted by Crippen LogP contribution is -2.50. The molecular weight excluding hydrogens is 408 g/mol. The number of aromatic amines is 1. The topological polar surface area (TPSA) is 79.0 Å². The lowest BCUT2D eigenvalue weighted by molar-refractivity contribution is 0.374. The van der Waals surface area contributed by atoms with Crippen LogP contribution < -0.4 is 4.90 Å². The van der Waals surface area contributed by atoms with Crippen LogP contribution in [0.3, 0.4) is 0 Å². The number of anilines is 1. The third kappa shape index (κ3) is 3.26. The fourth-order valence-electron chi connectivity index (χ4n) is 5.49. The van der Waals surface area contributed by atoms with Crippen LogP contribution in [0.25, 0.3) is 22.4 Å². The van der Waals surface area contributed by atoms with Crippen molar-refractivity contribution in [2.75, 3.05) is 29.5 Å². The molecule has 7 heteroatoms. The van der Waals surface area contributed by atoms with Crippen LogP contribution in [0.1, 0.15) is 36.4 Å². The van der Waals surface area contributed by atoms with Crippen LogP contribution in [0.15, 0.2) is 42.7 Å². The molecule has 160 valence electrons. The molecule has 1 spiro atoms. The van der Waals surface area contributed by atoms with Gasteiger partial charge in [0.05, 0.1) is 11.5 Å². The van der Waals surface area contributed by atoms with Crippen molar-refractivity contribution >= 4 is 15.5 Å². The fourth-order valence-corrected chi connectivity index (χ4v) is 7.74. The number of hydrogen-bond donors (Lipinski definition) is 1. The molecule has 2 saturated heterocycles. The summed E-state index contributed by atoms with van der Waals surface area (Å²) in [7, 11) is -2.81. The molecule has 6 rings (SSSR count). The Morgan fingerprint density at radius 3 is 2.58 bits per heavy atom. The van der Waals surface area contributed by atoms with Crippen LogP contribution in [-0.4, -0.2) is 48.2 Å². The second kappa shape index (κ2) is 6.66. The summed E-state index contributed by atoms with van der Waals surface area (Å²) in [6.45, 7) is 3.87. The average molecular weight is 435 g/mol. The van der Waals surface area contributed by atoms with E-state index in [1.54, 1.807) is 12.4 Å². The van der Waals surface area contributed by atoms with Gasteiger partial charge in [0.2, 0.25) is 0 Å². The molecule has 1 aliphatic carbocycles. The first kappa shape index (κ1) is 19.0. The predicted molar refractivity (Wildman–Crippen MR) is 122 cm³/mol. The van der Waals surface area contributed by atoms with E-state index < -0.39 is 9.84 Å². The first-order valence-electron chi connectivity index (χ1n) is 11.0. The summed E-state index contributed by atoms with van der Waals surface area (Å²) in [6, 6.07) is 10.8. The minimum atomic E-state index is -2.81. The SMILES string of the molecule is Cc1[nH]nc(-c2ccncc2)c1-c1ccc(N2CCC3(C2)CS(=O)(=O)C3)c(C2CC2)c1. The standard InChI is InChI=1S/C24H26N4O2S/c1-16-22(23(27-26-16)18-6-9-25-10-7-18)19-4-5-21(20(12-19)17-2-3-17)28-11-8-24(13-28)14-31(29,30)15-24/h4-7,9-10,12,17H,2-3,8,11,13-15H2,1H3,(H,26,27). The second-order valence-corrected chi connectivity index (χ2v) is 11.6. The van der Waals surface area contributed by atoms with Gasteiger partial charge in [-0.1, -0.05) is 6.07 Å². The molecule has 2 aromatic heterocycles. The molecule has 3 fully saturated rings. The normalized spacial score (nSPS) is 21.4. The van der Waals surface area contributed by atoms with Crippen molar-refractivity contribution in [2.45, 2.75) is 32.1 Å². The van der Waals surface area contributed by atoms with Gasteiger partial charge in [-0.25, -0.2) is 8.42 Å². The maximum atomic E-state index is 11.8. The summed E-state index contributed by atoms with van der Waals surface area (Å²) >= 11 is 0. The Morgan fingerprint density at radius 1 is 1.10 bits per heavy atom. The quantitative estimate of drug-likeness (QED) is 0.673. The third-order valence-corrected chi connectivity index (χ3v) is 9.17. The van der Waals surface area contributed by atoms with Gasteiger partial charge in [-0.05, 0) is 67.5 Å². The molecular formula is C24H26N4O2S. The van der Waals surface area contributed by atoms with E-state index in [0.717, 1.165) is 42.0 Å². The highest BCUT2D eigenvalue weighted by Gasteiger charge is 2.52. The van der Waals surface area contributed by atoms with E-state index in [2.05, 4.69) is 45.2 Å². The van der Waals surface area contributed by atoms with E-state index in [4.69, 9.17) is 0 Å². The molecule has 0 bridgehead atoms. The number of H-pyrrole nitrogens is 1. The molecule has 1 aromatic carbocycles. The Hall–Kier alpha value is -2.67. The number of pyridine rings is 1. The number of nitrogens with zero attached hydrogens (tertiary/aromatic N) is 3. The smallest absolute Gasteiger partial charge is 0.151 e. The van der Waals surface area contributed by atoms with Gasteiger partial charge in [-0.2, -0.15) is 5.10 Å². The second-order valence-electron chi connectivity index (χ2n) is 9.56. The third-order valence-electron chi connectivity index (χ3n) is 7.07. The minimum absolute atomic E-state index is 0.0199. The number of nitrogens with one attached hydrogen (secondary N) is 1. The average Bonchev–Trinajstić information content (AvgIpc) is 3.40. The van der Waals surface area contributed by atoms with Gasteiger partial charge in [0.15, 0.2) is 9.84 Å². The minimum Gasteiger partial charge on any atom is -0.371 e. The molecule has 0 unspecified atom stereocenters. The van der Waals surface area contributed by atoms with Crippen LogP contribution >= 0.6 is 0 Å². The van der Waals surface area contributed by atoms with Crippen molar-refractivity contribution in [1.82, 2.24) is 15.2 Å². The zero-order chi connectivity index (χ0) is 21.2.